The van der Waals surface area contributed by atoms with E-state index in [1.807, 2.05) is 11.7 Å². The van der Waals surface area contributed by atoms with Crippen LogP contribution in [0.3, 0.4) is 0 Å². The molecule has 16 heavy (non-hydrogen) atoms. The maximum Gasteiger partial charge on any atom is 0.0624 e. The minimum atomic E-state index is 0.783. The van der Waals surface area contributed by atoms with E-state index in [2.05, 4.69) is 23.4 Å². The summed E-state index contributed by atoms with van der Waals surface area (Å²) < 4.78 is 6.96. The van der Waals surface area contributed by atoms with Gasteiger partial charge in [-0.3, -0.25) is 4.68 Å². The molecule has 0 bridgehead atoms. The molecule has 1 aromatic heterocycles. The van der Waals surface area contributed by atoms with Gasteiger partial charge in [0.2, 0.25) is 0 Å². The van der Waals surface area contributed by atoms with Crippen LogP contribution in [0.4, 0.5) is 0 Å². The highest BCUT2D eigenvalue weighted by Gasteiger charge is 2.02. The second-order valence-corrected chi connectivity index (χ2v) is 3.95. The maximum atomic E-state index is 4.97. The molecule has 0 spiro atoms. The average Bonchev–Trinajstić information content (AvgIpc) is 2.65. The van der Waals surface area contributed by atoms with E-state index in [-0.39, 0.29) is 0 Å². The van der Waals surface area contributed by atoms with Crippen molar-refractivity contribution in [2.24, 2.45) is 7.05 Å². The van der Waals surface area contributed by atoms with Gasteiger partial charge in [-0.2, -0.15) is 5.10 Å². The van der Waals surface area contributed by atoms with E-state index in [1.165, 1.54) is 11.4 Å². The molecule has 0 atom stereocenters. The molecule has 1 heterocycles. The van der Waals surface area contributed by atoms with Gasteiger partial charge in [0, 0.05) is 26.4 Å². The van der Waals surface area contributed by atoms with Gasteiger partial charge in [0.1, 0.15) is 0 Å². The van der Waals surface area contributed by atoms with Crippen LogP contribution in [-0.2, 0) is 24.6 Å². The fourth-order valence-corrected chi connectivity index (χ4v) is 1.67. The SMILES string of the molecule is CCc1cc(CCCNCCOC)n(C)n1. The third-order valence-corrected chi connectivity index (χ3v) is 2.66. The highest BCUT2D eigenvalue weighted by atomic mass is 16.5. The van der Waals surface area contributed by atoms with Crippen LogP contribution in [0.2, 0.25) is 0 Å². The van der Waals surface area contributed by atoms with Gasteiger partial charge in [0.15, 0.2) is 0 Å². The minimum absolute atomic E-state index is 0.783. The summed E-state index contributed by atoms with van der Waals surface area (Å²) in [7, 11) is 3.75. The van der Waals surface area contributed by atoms with Crippen molar-refractivity contribution in [1.82, 2.24) is 15.1 Å². The summed E-state index contributed by atoms with van der Waals surface area (Å²) in [5, 5.41) is 7.78. The van der Waals surface area contributed by atoms with E-state index in [1.54, 1.807) is 7.11 Å². The van der Waals surface area contributed by atoms with E-state index in [0.29, 0.717) is 0 Å². The standard InChI is InChI=1S/C12H23N3O/c1-4-11-10-12(15(2)14-11)6-5-7-13-8-9-16-3/h10,13H,4-9H2,1-3H3. The largest absolute Gasteiger partial charge is 0.383 e. The Balaban J connectivity index is 2.18. The number of nitrogens with zero attached hydrogens (tertiary/aromatic N) is 2. The fraction of sp³-hybridized carbons (Fsp3) is 0.750. The van der Waals surface area contributed by atoms with Gasteiger partial charge in [-0.15, -0.1) is 0 Å². The van der Waals surface area contributed by atoms with Gasteiger partial charge in [-0.05, 0) is 31.9 Å². The minimum Gasteiger partial charge on any atom is -0.383 e. The van der Waals surface area contributed by atoms with Crippen LogP contribution < -0.4 is 5.32 Å². The van der Waals surface area contributed by atoms with E-state index >= 15 is 0 Å². The molecule has 0 aromatic carbocycles. The molecule has 0 amide bonds. The Kier molecular flexibility index (Phi) is 6.11. The Labute approximate surface area is 98.0 Å². The van der Waals surface area contributed by atoms with Crippen LogP contribution >= 0.6 is 0 Å². The smallest absolute Gasteiger partial charge is 0.0624 e. The summed E-state index contributed by atoms with van der Waals surface area (Å²) in [4.78, 5) is 0. The molecule has 0 fully saturated rings. The number of methoxy groups -OCH3 is 1. The first-order valence-corrected chi connectivity index (χ1v) is 5.99. The molecule has 0 radical (unpaired) electrons. The Bertz CT molecular complexity index is 296. The third-order valence-electron chi connectivity index (χ3n) is 2.66. The predicted molar refractivity (Wildman–Crippen MR) is 65.7 cm³/mol. The number of aryl methyl sites for hydroxylation is 3. The molecule has 0 aliphatic heterocycles. The normalized spacial score (nSPS) is 10.9. The van der Waals surface area contributed by atoms with E-state index in [0.717, 1.165) is 39.0 Å². The molecule has 4 heteroatoms. The molecule has 4 nitrogen and oxygen atoms in total. The molecule has 0 saturated heterocycles. The van der Waals surface area contributed by atoms with Crippen LogP contribution in [0.15, 0.2) is 6.07 Å². The van der Waals surface area contributed by atoms with E-state index in [4.69, 9.17) is 4.74 Å². The van der Waals surface area contributed by atoms with E-state index in [9.17, 15) is 0 Å². The first-order valence-electron chi connectivity index (χ1n) is 5.99. The summed E-state index contributed by atoms with van der Waals surface area (Å²) in [5.74, 6) is 0. The summed E-state index contributed by atoms with van der Waals surface area (Å²) in [6.07, 6.45) is 3.25. The first kappa shape index (κ1) is 13.2. The lowest BCUT2D eigenvalue weighted by Gasteiger charge is -2.04. The molecule has 92 valence electrons. The Morgan fingerprint density at radius 1 is 1.44 bits per heavy atom. The molecular formula is C12H23N3O. The first-order chi connectivity index (χ1) is 7.77. The lowest BCUT2D eigenvalue weighted by atomic mass is 10.2. The number of ether oxygens (including phenoxy) is 1. The monoisotopic (exact) mass is 225 g/mol. The number of aromatic nitrogens is 2. The number of hydrogen-bond acceptors (Lipinski definition) is 3. The zero-order chi connectivity index (χ0) is 11.8. The molecule has 0 aliphatic rings. The van der Waals surface area contributed by atoms with Crippen LogP contribution in [0, 0.1) is 0 Å². The Morgan fingerprint density at radius 2 is 2.25 bits per heavy atom. The molecule has 0 saturated carbocycles. The summed E-state index contributed by atoms with van der Waals surface area (Å²) in [6, 6.07) is 2.20. The molecule has 0 aliphatic carbocycles. The van der Waals surface area contributed by atoms with Crippen molar-refractivity contribution in [3.8, 4) is 0 Å². The van der Waals surface area contributed by atoms with Crippen molar-refractivity contribution in [2.75, 3.05) is 26.8 Å². The third kappa shape index (κ3) is 4.33. The van der Waals surface area contributed by atoms with Gasteiger partial charge in [-0.1, -0.05) is 6.92 Å². The summed E-state index contributed by atoms with van der Waals surface area (Å²) in [6.45, 7) is 4.89. The van der Waals surface area contributed by atoms with Gasteiger partial charge < -0.3 is 10.1 Å². The zero-order valence-corrected chi connectivity index (χ0v) is 10.6. The van der Waals surface area contributed by atoms with Crippen molar-refractivity contribution in [3.63, 3.8) is 0 Å². The van der Waals surface area contributed by atoms with Crippen molar-refractivity contribution >= 4 is 0 Å². The van der Waals surface area contributed by atoms with E-state index < -0.39 is 0 Å². The number of nitrogens with one attached hydrogen (secondary N) is 1. The fourth-order valence-electron chi connectivity index (χ4n) is 1.67. The van der Waals surface area contributed by atoms with Gasteiger partial charge in [-0.25, -0.2) is 0 Å². The van der Waals surface area contributed by atoms with Gasteiger partial charge >= 0.3 is 0 Å². The molecule has 1 aromatic rings. The van der Waals surface area contributed by atoms with Crippen LogP contribution in [0.1, 0.15) is 24.7 Å². The Morgan fingerprint density at radius 3 is 2.88 bits per heavy atom. The lowest BCUT2D eigenvalue weighted by molar-refractivity contribution is 0.199. The maximum absolute atomic E-state index is 4.97. The topological polar surface area (TPSA) is 39.1 Å². The highest BCUT2D eigenvalue weighted by Crippen LogP contribution is 2.05. The quantitative estimate of drug-likeness (QED) is 0.675. The average molecular weight is 225 g/mol. The van der Waals surface area contributed by atoms with Gasteiger partial charge in [0.05, 0.1) is 12.3 Å². The van der Waals surface area contributed by atoms with Crippen molar-refractivity contribution in [2.45, 2.75) is 26.2 Å². The molecule has 1 rings (SSSR count). The molecule has 0 unspecified atom stereocenters. The lowest BCUT2D eigenvalue weighted by Crippen LogP contribution is -2.20. The number of hydrogen-bond donors (Lipinski definition) is 1. The van der Waals surface area contributed by atoms with Gasteiger partial charge in [0.25, 0.3) is 0 Å². The van der Waals surface area contributed by atoms with Crippen molar-refractivity contribution in [1.29, 1.82) is 0 Å². The summed E-state index contributed by atoms with van der Waals surface area (Å²) >= 11 is 0. The number of rotatable bonds is 8. The highest BCUT2D eigenvalue weighted by molar-refractivity contribution is 5.10. The summed E-state index contributed by atoms with van der Waals surface area (Å²) in [5.41, 5.74) is 2.51. The Hall–Kier alpha value is -0.870. The zero-order valence-electron chi connectivity index (χ0n) is 10.6. The second kappa shape index (κ2) is 7.41. The van der Waals surface area contributed by atoms with Crippen molar-refractivity contribution < 1.29 is 4.74 Å². The van der Waals surface area contributed by atoms with Crippen LogP contribution in [-0.4, -0.2) is 36.6 Å². The second-order valence-electron chi connectivity index (χ2n) is 3.95. The van der Waals surface area contributed by atoms with Crippen molar-refractivity contribution in [3.05, 3.63) is 17.5 Å². The van der Waals surface area contributed by atoms with Crippen LogP contribution in [0.25, 0.3) is 0 Å². The van der Waals surface area contributed by atoms with Crippen LogP contribution in [0.5, 0.6) is 0 Å². The predicted octanol–water partition coefficient (Wildman–Crippen LogP) is 1.15. The molecular weight excluding hydrogens is 202 g/mol. The molecule has 1 N–H and O–H groups in total.